The van der Waals surface area contributed by atoms with E-state index >= 15 is 0 Å². The van der Waals surface area contributed by atoms with Crippen molar-refractivity contribution in [3.05, 3.63) is 259 Å². The average molecular weight is 1350 g/mol. The maximum Gasteiger partial charge on any atom is 0.148 e. The van der Waals surface area contributed by atoms with Crippen LogP contribution in [0.15, 0.2) is 135 Å². The second kappa shape index (κ2) is 73.9. The van der Waals surface area contributed by atoms with Crippen LogP contribution in [-0.2, 0) is 0 Å². The van der Waals surface area contributed by atoms with E-state index < -0.39 is 0 Å². The maximum atomic E-state index is 4.10. The van der Waals surface area contributed by atoms with Gasteiger partial charge in [0.1, 0.15) is 29.6 Å². The van der Waals surface area contributed by atoms with E-state index in [2.05, 4.69) is 172 Å². The zero-order valence-corrected chi connectivity index (χ0v) is 68.9. The van der Waals surface area contributed by atoms with Crippen LogP contribution in [0.2, 0.25) is 0 Å². The van der Waals surface area contributed by atoms with Gasteiger partial charge in [-0.1, -0.05) is 147 Å². The lowest BCUT2D eigenvalue weighted by molar-refractivity contribution is 0.848. The number of aromatic nitrogens is 16. The van der Waals surface area contributed by atoms with Crippen LogP contribution < -0.4 is 0 Å². The molecule has 0 bridgehead atoms. The topological polar surface area (TPSA) is 206 Å². The van der Waals surface area contributed by atoms with Gasteiger partial charge in [0.05, 0.1) is 35.2 Å². The molecule has 0 radical (unpaired) electrons. The van der Waals surface area contributed by atoms with Crippen LogP contribution in [0, 0.1) is 152 Å². The van der Waals surface area contributed by atoms with Crippen LogP contribution in [0.1, 0.15) is 235 Å². The van der Waals surface area contributed by atoms with E-state index in [4.69, 9.17) is 0 Å². The zero-order valence-electron chi connectivity index (χ0n) is 68.9. The van der Waals surface area contributed by atoms with Crippen LogP contribution in [0.5, 0.6) is 0 Å². The first-order valence-corrected chi connectivity index (χ1v) is 34.9. The first-order valence-electron chi connectivity index (χ1n) is 34.9. The molecule has 0 fully saturated rings. The van der Waals surface area contributed by atoms with Gasteiger partial charge in [-0.15, -0.1) is 5.10 Å². The fourth-order valence-corrected chi connectivity index (χ4v) is 6.02. The van der Waals surface area contributed by atoms with Crippen molar-refractivity contribution in [1.29, 1.82) is 0 Å². The predicted molar refractivity (Wildman–Crippen MR) is 424 cm³/mol. The second-order valence-corrected chi connectivity index (χ2v) is 19.4. The monoisotopic (exact) mass is 1350 g/mol. The van der Waals surface area contributed by atoms with Gasteiger partial charge in [-0.2, -0.15) is 25.5 Å². The standard InChI is InChI=1S/C8H10.4C7H9N.2C6H9N3.3C6H8N2.8C2H6/c1-7-5-3-4-6-8(7)2;2*1-6-3-4-8-5-7(6)2;2*1-6-4-3-5-8-7(6)2;1-4-7-5(2)9-6(3)8-4;1-4-5(2)8-9-6(3)7-4;1-5-3-6(2)8-4-7-5;2*1-5-3-6(2)8-7-4-5;8*1-2/h3-6H,1-2H3;4*3-5H,1-2H3;2*1-3H3;3*3-4H,1-2H3;8*1-2H3. The van der Waals surface area contributed by atoms with Crippen LogP contribution in [-0.4, -0.2) is 80.4 Å². The normalized spacial score (nSPS) is 8.31. The lowest BCUT2D eigenvalue weighted by atomic mass is 10.1. The molecule has 16 heteroatoms. The van der Waals surface area contributed by atoms with Gasteiger partial charge in [0.15, 0.2) is 0 Å². The molecule has 0 aliphatic heterocycles. The van der Waals surface area contributed by atoms with Crippen LogP contribution in [0.25, 0.3) is 0 Å². The largest absolute Gasteiger partial charge is 0.264 e. The molecule has 0 N–H and O–H groups in total. The Balaban J connectivity index is -0.000000150. The third-order valence-electron chi connectivity index (χ3n) is 11.5. The minimum atomic E-state index is 0.734. The van der Waals surface area contributed by atoms with Crippen molar-refractivity contribution in [2.24, 2.45) is 0 Å². The van der Waals surface area contributed by atoms with Crippen LogP contribution in [0.4, 0.5) is 0 Å². The van der Waals surface area contributed by atoms with Gasteiger partial charge in [-0.05, 0) is 250 Å². The van der Waals surface area contributed by atoms with E-state index in [1.165, 1.54) is 44.5 Å². The van der Waals surface area contributed by atoms with Crippen molar-refractivity contribution in [2.45, 2.75) is 263 Å². The summed E-state index contributed by atoms with van der Waals surface area (Å²) in [5.41, 5.74) is 20.8. The molecule has 0 saturated heterocycles. The van der Waals surface area contributed by atoms with E-state index in [1.807, 2.05) is 287 Å². The van der Waals surface area contributed by atoms with Crippen LogP contribution in [0.3, 0.4) is 0 Å². The molecule has 0 amide bonds. The molecule has 16 nitrogen and oxygen atoms in total. The van der Waals surface area contributed by atoms with Crippen molar-refractivity contribution < 1.29 is 0 Å². The summed E-state index contributed by atoms with van der Waals surface area (Å²) in [4.78, 5) is 40.0. The molecule has 9 aromatic heterocycles. The highest BCUT2D eigenvalue weighted by Gasteiger charge is 1.95. The first-order chi connectivity index (χ1) is 46.8. The summed E-state index contributed by atoms with van der Waals surface area (Å²) in [6.07, 6.45) is 16.0. The van der Waals surface area contributed by atoms with E-state index in [1.54, 1.807) is 18.7 Å². The summed E-state index contributed by atoms with van der Waals surface area (Å²) in [5.74, 6) is 3.11. The Kier molecular flexibility index (Phi) is 79.3. The number of nitrogens with zero attached hydrogens (tertiary/aromatic N) is 16. The summed E-state index contributed by atoms with van der Waals surface area (Å²) < 4.78 is 0. The van der Waals surface area contributed by atoms with Crippen molar-refractivity contribution in [3.63, 3.8) is 0 Å². The Bertz CT molecular complexity index is 2820. The Labute approximate surface area is 599 Å². The molecule has 0 aliphatic rings. The molecule has 9 heterocycles. The summed E-state index contributed by atoms with van der Waals surface area (Å²) in [6, 6.07) is 26.3. The molecule has 0 saturated carbocycles. The minimum Gasteiger partial charge on any atom is -0.264 e. The quantitative estimate of drug-likeness (QED) is 0.138. The molecule has 1 aromatic carbocycles. The summed E-state index contributed by atoms with van der Waals surface area (Å²) in [7, 11) is 0. The predicted octanol–water partition coefficient (Wildman–Crippen LogP) is 22.2. The maximum absolute atomic E-state index is 4.10. The molecule has 98 heavy (non-hydrogen) atoms. The summed E-state index contributed by atoms with van der Waals surface area (Å²) in [6.45, 7) is 75.7. The van der Waals surface area contributed by atoms with Gasteiger partial charge < -0.3 is 0 Å². The lowest BCUT2D eigenvalue weighted by Gasteiger charge is -1.94. The van der Waals surface area contributed by atoms with Crippen molar-refractivity contribution in [3.8, 4) is 0 Å². The van der Waals surface area contributed by atoms with Crippen molar-refractivity contribution in [2.75, 3.05) is 0 Å². The number of pyridine rings is 4. The summed E-state index contributed by atoms with van der Waals surface area (Å²) >= 11 is 0. The molecular weight excluding hydrogens is 1210 g/mol. The third kappa shape index (κ3) is 63.2. The fraction of sp³-hybridized carbons (Fsp3) is 0.463. The van der Waals surface area contributed by atoms with Crippen LogP contribution >= 0.6 is 0 Å². The lowest BCUT2D eigenvalue weighted by Crippen LogP contribution is -1.97. The van der Waals surface area contributed by atoms with Crippen molar-refractivity contribution in [1.82, 2.24) is 80.4 Å². The second-order valence-electron chi connectivity index (χ2n) is 19.4. The molecule has 0 aliphatic carbocycles. The van der Waals surface area contributed by atoms with Gasteiger partial charge in [-0.25, -0.2) is 29.9 Å². The number of hydrogen-bond donors (Lipinski definition) is 0. The molecule has 0 atom stereocenters. The highest BCUT2D eigenvalue weighted by Crippen LogP contribution is 2.05. The Morgan fingerprint density at radius 2 is 0.541 bits per heavy atom. The van der Waals surface area contributed by atoms with Crippen molar-refractivity contribution >= 4 is 0 Å². The fourth-order valence-electron chi connectivity index (χ4n) is 6.02. The number of hydrogen-bond acceptors (Lipinski definition) is 16. The average Bonchev–Trinajstić information content (AvgIpc) is 1.69. The van der Waals surface area contributed by atoms with Gasteiger partial charge >= 0.3 is 0 Å². The molecule has 10 aromatic rings. The highest BCUT2D eigenvalue weighted by molar-refractivity contribution is 5.24. The first kappa shape index (κ1) is 105. The molecule has 10 rings (SSSR count). The molecule has 0 unspecified atom stereocenters. The Morgan fingerprint density at radius 3 is 0.735 bits per heavy atom. The Hall–Kier alpha value is -8.92. The van der Waals surface area contributed by atoms with E-state index in [0.717, 1.165) is 80.0 Å². The van der Waals surface area contributed by atoms with Gasteiger partial charge in [-0.3, -0.25) is 19.9 Å². The van der Waals surface area contributed by atoms with E-state index in [9.17, 15) is 0 Å². The zero-order chi connectivity index (χ0) is 77.6. The third-order valence-corrected chi connectivity index (χ3v) is 11.5. The summed E-state index contributed by atoms with van der Waals surface area (Å²) in [5, 5.41) is 22.7. The smallest absolute Gasteiger partial charge is 0.148 e. The highest BCUT2D eigenvalue weighted by atomic mass is 15.2. The van der Waals surface area contributed by atoms with E-state index in [-0.39, 0.29) is 0 Å². The van der Waals surface area contributed by atoms with Gasteiger partial charge in [0.25, 0.3) is 0 Å². The number of benzene rings is 1. The molecule has 0 spiro atoms. The van der Waals surface area contributed by atoms with Gasteiger partial charge in [0, 0.05) is 60.0 Å². The molecular formula is C82H136N16. The minimum absolute atomic E-state index is 0.734. The van der Waals surface area contributed by atoms with E-state index in [0.29, 0.717) is 0 Å². The molecule has 544 valence electrons. The number of rotatable bonds is 0. The SMILES string of the molecule is CC.CC.CC.CC.CC.CC.CC.CC.Cc1cc(C)ncn1.Cc1ccccc1C.Cc1cccnc1C.Cc1cccnc1C.Cc1ccncc1C.Cc1ccncc1C.Cc1cnnc(C)c1.Cc1cnnc(C)c1.Cc1nc(C)nc(C)n1.Cc1nnc(C)c(C)n1. The number of aryl methyl sites for hydroxylation is 22. The van der Waals surface area contributed by atoms with Gasteiger partial charge in [0.2, 0.25) is 0 Å². The Morgan fingerprint density at radius 1 is 0.224 bits per heavy atom.